The van der Waals surface area contributed by atoms with Crippen molar-refractivity contribution in [1.29, 1.82) is 0 Å². The summed E-state index contributed by atoms with van der Waals surface area (Å²) in [5.74, 6) is 0.101. The zero-order valence-corrected chi connectivity index (χ0v) is 10.4. The van der Waals surface area contributed by atoms with E-state index in [9.17, 15) is 4.79 Å². The number of fused-ring (bicyclic) bond motifs is 1. The molecule has 2 heterocycles. The van der Waals surface area contributed by atoms with Gasteiger partial charge >= 0.3 is 0 Å². The van der Waals surface area contributed by atoms with E-state index in [0.717, 1.165) is 43.9 Å². The smallest absolute Gasteiger partial charge is 0.228 e. The Morgan fingerprint density at radius 3 is 3.17 bits per heavy atom. The van der Waals surface area contributed by atoms with Crippen LogP contribution in [0.25, 0.3) is 0 Å². The molecule has 1 saturated heterocycles. The van der Waals surface area contributed by atoms with Crippen molar-refractivity contribution in [2.75, 3.05) is 25.1 Å². The number of nitrogens with one attached hydrogen (secondary N) is 2. The molecular formula is C14H18N2O2. The van der Waals surface area contributed by atoms with Gasteiger partial charge in [-0.25, -0.2) is 0 Å². The Hall–Kier alpha value is -1.39. The number of morpholine rings is 1. The number of carbonyl (C=O) groups excluding carboxylic acids is 1. The maximum absolute atomic E-state index is 11.3. The number of anilines is 1. The summed E-state index contributed by atoms with van der Waals surface area (Å²) < 4.78 is 5.44. The lowest BCUT2D eigenvalue weighted by Crippen LogP contribution is -2.41. The normalized spacial score (nSPS) is 22.7. The maximum atomic E-state index is 11.3. The zero-order chi connectivity index (χ0) is 12.4. The van der Waals surface area contributed by atoms with Crippen molar-refractivity contribution in [2.24, 2.45) is 0 Å². The van der Waals surface area contributed by atoms with E-state index in [-0.39, 0.29) is 5.91 Å². The highest BCUT2D eigenvalue weighted by Gasteiger charge is 2.18. The molecule has 1 atom stereocenters. The topological polar surface area (TPSA) is 50.4 Å². The summed E-state index contributed by atoms with van der Waals surface area (Å²) in [7, 11) is 0. The molecule has 1 unspecified atom stereocenters. The molecule has 2 aliphatic rings. The highest BCUT2D eigenvalue weighted by atomic mass is 16.5. The summed E-state index contributed by atoms with van der Waals surface area (Å²) in [6.45, 7) is 2.58. The Morgan fingerprint density at radius 2 is 2.33 bits per heavy atom. The van der Waals surface area contributed by atoms with Crippen LogP contribution in [0.15, 0.2) is 18.2 Å². The fourth-order valence-corrected chi connectivity index (χ4v) is 2.58. The lowest BCUT2D eigenvalue weighted by Gasteiger charge is -2.23. The van der Waals surface area contributed by atoms with E-state index in [0.29, 0.717) is 12.5 Å². The van der Waals surface area contributed by atoms with Crippen molar-refractivity contribution in [3.05, 3.63) is 29.3 Å². The van der Waals surface area contributed by atoms with Gasteiger partial charge in [0.1, 0.15) is 0 Å². The standard InChI is InChI=1S/C14H18N2O2/c17-14-8-11-7-10(2-4-13(11)16-14)1-3-12-9-18-6-5-15-12/h2,4,7,12,15H,1,3,5-6,8-9H2,(H,16,17). The number of hydrogen-bond donors (Lipinski definition) is 2. The number of carbonyl (C=O) groups is 1. The Balaban J connectivity index is 1.60. The van der Waals surface area contributed by atoms with Gasteiger partial charge in [-0.05, 0) is 30.0 Å². The van der Waals surface area contributed by atoms with Crippen LogP contribution in [0.4, 0.5) is 5.69 Å². The third-order valence-corrected chi connectivity index (χ3v) is 3.57. The molecule has 3 rings (SSSR count). The van der Waals surface area contributed by atoms with Crippen LogP contribution in [-0.2, 0) is 22.4 Å². The van der Waals surface area contributed by atoms with Crippen molar-refractivity contribution in [3.63, 3.8) is 0 Å². The van der Waals surface area contributed by atoms with E-state index in [1.54, 1.807) is 0 Å². The van der Waals surface area contributed by atoms with Gasteiger partial charge in [0.2, 0.25) is 5.91 Å². The quantitative estimate of drug-likeness (QED) is 0.839. The molecule has 4 heteroatoms. The Kier molecular flexibility index (Phi) is 3.30. The number of hydrogen-bond acceptors (Lipinski definition) is 3. The molecule has 18 heavy (non-hydrogen) atoms. The molecule has 0 aliphatic carbocycles. The lowest BCUT2D eigenvalue weighted by molar-refractivity contribution is -0.115. The van der Waals surface area contributed by atoms with Crippen LogP contribution in [0.2, 0.25) is 0 Å². The summed E-state index contributed by atoms with van der Waals surface area (Å²) in [4.78, 5) is 11.3. The average molecular weight is 246 g/mol. The summed E-state index contributed by atoms with van der Waals surface area (Å²) >= 11 is 0. The predicted octanol–water partition coefficient (Wildman–Crippen LogP) is 1.10. The second-order valence-corrected chi connectivity index (χ2v) is 4.98. The first-order valence-electron chi connectivity index (χ1n) is 6.54. The van der Waals surface area contributed by atoms with Gasteiger partial charge in [-0.15, -0.1) is 0 Å². The molecule has 0 aromatic heterocycles. The predicted molar refractivity (Wildman–Crippen MR) is 69.7 cm³/mol. The minimum Gasteiger partial charge on any atom is -0.379 e. The van der Waals surface area contributed by atoms with Crippen molar-refractivity contribution in [3.8, 4) is 0 Å². The van der Waals surface area contributed by atoms with E-state index in [1.165, 1.54) is 5.56 Å². The van der Waals surface area contributed by atoms with Crippen LogP contribution in [0.3, 0.4) is 0 Å². The number of amides is 1. The number of aryl methyl sites for hydroxylation is 1. The molecule has 4 nitrogen and oxygen atoms in total. The monoisotopic (exact) mass is 246 g/mol. The largest absolute Gasteiger partial charge is 0.379 e. The van der Waals surface area contributed by atoms with E-state index in [2.05, 4.69) is 22.8 Å². The van der Waals surface area contributed by atoms with Crippen LogP contribution in [0, 0.1) is 0 Å². The Bertz CT molecular complexity index is 453. The van der Waals surface area contributed by atoms with Crippen molar-refractivity contribution < 1.29 is 9.53 Å². The van der Waals surface area contributed by atoms with E-state index >= 15 is 0 Å². The Labute approximate surface area is 107 Å². The highest BCUT2D eigenvalue weighted by molar-refractivity contribution is 5.99. The third-order valence-electron chi connectivity index (χ3n) is 3.57. The number of benzene rings is 1. The molecule has 1 amide bonds. The molecule has 2 aliphatic heterocycles. The molecule has 1 aromatic carbocycles. The van der Waals surface area contributed by atoms with Gasteiger partial charge in [0.05, 0.1) is 19.6 Å². The van der Waals surface area contributed by atoms with Crippen LogP contribution in [-0.4, -0.2) is 31.7 Å². The van der Waals surface area contributed by atoms with Gasteiger partial charge < -0.3 is 15.4 Å². The molecule has 2 N–H and O–H groups in total. The van der Waals surface area contributed by atoms with Gasteiger partial charge in [0.15, 0.2) is 0 Å². The highest BCUT2D eigenvalue weighted by Crippen LogP contribution is 2.24. The minimum absolute atomic E-state index is 0.101. The van der Waals surface area contributed by atoms with Crippen LogP contribution in [0.5, 0.6) is 0 Å². The van der Waals surface area contributed by atoms with Crippen molar-refractivity contribution >= 4 is 11.6 Å². The second-order valence-electron chi connectivity index (χ2n) is 4.98. The molecule has 0 saturated carbocycles. The molecule has 0 bridgehead atoms. The zero-order valence-electron chi connectivity index (χ0n) is 10.4. The van der Waals surface area contributed by atoms with Gasteiger partial charge in [-0.2, -0.15) is 0 Å². The van der Waals surface area contributed by atoms with Crippen molar-refractivity contribution in [1.82, 2.24) is 5.32 Å². The van der Waals surface area contributed by atoms with Crippen molar-refractivity contribution in [2.45, 2.75) is 25.3 Å². The first kappa shape index (κ1) is 11.7. The summed E-state index contributed by atoms with van der Waals surface area (Å²) in [5.41, 5.74) is 3.41. The van der Waals surface area contributed by atoms with Gasteiger partial charge in [-0.1, -0.05) is 12.1 Å². The maximum Gasteiger partial charge on any atom is 0.228 e. The lowest BCUT2D eigenvalue weighted by atomic mass is 10.0. The van der Waals surface area contributed by atoms with Crippen LogP contribution >= 0.6 is 0 Å². The molecule has 0 spiro atoms. The summed E-state index contributed by atoms with van der Waals surface area (Å²) in [6, 6.07) is 6.73. The minimum atomic E-state index is 0.101. The average Bonchev–Trinajstić information content (AvgIpc) is 2.77. The van der Waals surface area contributed by atoms with E-state index in [4.69, 9.17) is 4.74 Å². The SMILES string of the molecule is O=C1Cc2cc(CCC3COCCN3)ccc2N1. The molecule has 96 valence electrons. The van der Waals surface area contributed by atoms with Gasteiger partial charge in [-0.3, -0.25) is 4.79 Å². The van der Waals surface area contributed by atoms with Crippen LogP contribution in [0.1, 0.15) is 17.5 Å². The van der Waals surface area contributed by atoms with E-state index in [1.807, 2.05) is 6.07 Å². The second kappa shape index (κ2) is 5.08. The van der Waals surface area contributed by atoms with Gasteiger partial charge in [0, 0.05) is 18.3 Å². The number of rotatable bonds is 3. The first-order valence-corrected chi connectivity index (χ1v) is 6.54. The molecule has 1 aromatic rings. The summed E-state index contributed by atoms with van der Waals surface area (Å²) in [6.07, 6.45) is 2.64. The van der Waals surface area contributed by atoms with E-state index < -0.39 is 0 Å². The first-order chi connectivity index (χ1) is 8.81. The van der Waals surface area contributed by atoms with Gasteiger partial charge in [0.25, 0.3) is 0 Å². The Morgan fingerprint density at radius 1 is 1.39 bits per heavy atom. The molecule has 0 radical (unpaired) electrons. The third kappa shape index (κ3) is 2.54. The fourth-order valence-electron chi connectivity index (χ4n) is 2.58. The molecule has 1 fully saturated rings. The summed E-state index contributed by atoms with van der Waals surface area (Å²) in [5, 5.41) is 6.32. The van der Waals surface area contributed by atoms with Crippen LogP contribution < -0.4 is 10.6 Å². The molecular weight excluding hydrogens is 228 g/mol. The number of ether oxygens (including phenoxy) is 1. The fraction of sp³-hybridized carbons (Fsp3) is 0.500.